The Morgan fingerprint density at radius 1 is 1.00 bits per heavy atom. The maximum atomic E-state index is 12.2. The highest BCUT2D eigenvalue weighted by atomic mass is 16.2. The molecule has 1 amide bonds. The Morgan fingerprint density at radius 2 is 1.62 bits per heavy atom. The number of unbranched alkanes of at least 4 members (excludes halogenated alkanes) is 1. The standard InChI is InChI=1S/C19H34N2O.C2H6/c1-7-11-12-16(5)13-14-20-19(17(6)9-3)21(15-8-2)18(22)10-4;1-2/h13-14H,7-12,15H2,1-6H3;1-2H3/b16-13+,19-17-,20-14-;. The van der Waals surface area contributed by atoms with Crippen LogP contribution >= 0.6 is 0 Å². The van der Waals surface area contributed by atoms with Gasteiger partial charge in [0.1, 0.15) is 5.82 Å². The number of amides is 1. The minimum absolute atomic E-state index is 0.147. The number of allylic oxidation sites excluding steroid dienone is 3. The molecule has 0 saturated carbocycles. The number of carbonyl (C=O) groups excluding carboxylic acids is 1. The van der Waals surface area contributed by atoms with Crippen LogP contribution in [-0.2, 0) is 4.79 Å². The minimum Gasteiger partial charge on any atom is -0.297 e. The van der Waals surface area contributed by atoms with Crippen LogP contribution in [0, 0.1) is 0 Å². The van der Waals surface area contributed by atoms with Gasteiger partial charge in [-0.2, -0.15) is 0 Å². The number of hydrogen-bond donors (Lipinski definition) is 0. The molecule has 0 radical (unpaired) electrons. The van der Waals surface area contributed by atoms with Gasteiger partial charge >= 0.3 is 0 Å². The van der Waals surface area contributed by atoms with Crippen molar-refractivity contribution >= 4 is 12.1 Å². The Balaban J connectivity index is 0. The van der Waals surface area contributed by atoms with Crippen LogP contribution in [0.5, 0.6) is 0 Å². The van der Waals surface area contributed by atoms with Crippen LogP contribution in [0.4, 0.5) is 0 Å². The summed E-state index contributed by atoms with van der Waals surface area (Å²) < 4.78 is 0. The molecule has 0 atom stereocenters. The normalized spacial score (nSPS) is 12.6. The monoisotopic (exact) mass is 336 g/mol. The summed E-state index contributed by atoms with van der Waals surface area (Å²) in [6.07, 6.45) is 9.81. The fraction of sp³-hybridized carbons (Fsp3) is 0.714. The van der Waals surface area contributed by atoms with Crippen LogP contribution in [0.1, 0.15) is 93.9 Å². The highest BCUT2D eigenvalue weighted by Crippen LogP contribution is 2.17. The third-order valence-corrected chi connectivity index (χ3v) is 3.70. The fourth-order valence-corrected chi connectivity index (χ4v) is 2.11. The van der Waals surface area contributed by atoms with Gasteiger partial charge in [-0.1, -0.05) is 53.5 Å². The largest absolute Gasteiger partial charge is 0.297 e. The molecule has 0 aromatic carbocycles. The predicted octanol–water partition coefficient (Wildman–Crippen LogP) is 6.51. The summed E-state index contributed by atoms with van der Waals surface area (Å²) in [5.41, 5.74) is 2.49. The van der Waals surface area contributed by atoms with Crippen LogP contribution in [0.3, 0.4) is 0 Å². The number of hydrogen-bond acceptors (Lipinski definition) is 2. The topological polar surface area (TPSA) is 32.7 Å². The van der Waals surface area contributed by atoms with Crippen LogP contribution in [0.2, 0.25) is 0 Å². The quantitative estimate of drug-likeness (QED) is 0.418. The summed E-state index contributed by atoms with van der Waals surface area (Å²) in [6.45, 7) is 17.2. The molecule has 3 heteroatoms. The van der Waals surface area contributed by atoms with E-state index >= 15 is 0 Å². The Morgan fingerprint density at radius 3 is 2.08 bits per heavy atom. The SMILES string of the molecule is CC.CCCC/C(C)=C/C=N\C(=C(/C)CC)N(CCC)C(=O)CC. The number of aliphatic imine (C=N–C) groups is 1. The summed E-state index contributed by atoms with van der Waals surface area (Å²) >= 11 is 0. The number of carbonyl (C=O) groups is 1. The lowest BCUT2D eigenvalue weighted by Crippen LogP contribution is -2.30. The van der Waals surface area contributed by atoms with Gasteiger partial charge < -0.3 is 0 Å². The van der Waals surface area contributed by atoms with E-state index in [0.29, 0.717) is 6.42 Å². The van der Waals surface area contributed by atoms with E-state index in [9.17, 15) is 4.79 Å². The molecule has 0 saturated heterocycles. The van der Waals surface area contributed by atoms with E-state index in [1.165, 1.54) is 18.4 Å². The van der Waals surface area contributed by atoms with E-state index in [1.807, 2.05) is 31.9 Å². The molecule has 0 aliphatic carbocycles. The van der Waals surface area contributed by atoms with Gasteiger partial charge in [0.25, 0.3) is 0 Å². The van der Waals surface area contributed by atoms with Crippen molar-refractivity contribution in [2.24, 2.45) is 4.99 Å². The maximum absolute atomic E-state index is 12.2. The molecule has 0 heterocycles. The van der Waals surface area contributed by atoms with Crippen molar-refractivity contribution in [2.45, 2.75) is 93.9 Å². The van der Waals surface area contributed by atoms with Crippen LogP contribution < -0.4 is 0 Å². The van der Waals surface area contributed by atoms with Gasteiger partial charge in [-0.3, -0.25) is 9.69 Å². The molecule has 24 heavy (non-hydrogen) atoms. The molecular weight excluding hydrogens is 296 g/mol. The van der Waals surface area contributed by atoms with Gasteiger partial charge in [-0.15, -0.1) is 0 Å². The molecule has 0 aliphatic heterocycles. The first-order valence-electron chi connectivity index (χ1n) is 9.71. The average Bonchev–Trinajstić information content (AvgIpc) is 2.62. The van der Waals surface area contributed by atoms with Crippen molar-refractivity contribution in [3.8, 4) is 0 Å². The van der Waals surface area contributed by atoms with Gasteiger partial charge in [0, 0.05) is 19.2 Å². The molecule has 0 aliphatic rings. The van der Waals surface area contributed by atoms with Crippen molar-refractivity contribution in [2.75, 3.05) is 6.54 Å². The lowest BCUT2D eigenvalue weighted by molar-refractivity contribution is -0.129. The first-order chi connectivity index (χ1) is 11.5. The summed E-state index contributed by atoms with van der Waals surface area (Å²) in [5, 5.41) is 0. The molecule has 0 unspecified atom stereocenters. The molecule has 3 nitrogen and oxygen atoms in total. The van der Waals surface area contributed by atoms with Crippen LogP contribution in [0.15, 0.2) is 28.0 Å². The fourth-order valence-electron chi connectivity index (χ4n) is 2.11. The second kappa shape index (κ2) is 16.5. The van der Waals surface area contributed by atoms with Gasteiger partial charge in [0.05, 0.1) is 0 Å². The zero-order valence-corrected chi connectivity index (χ0v) is 17.4. The lowest BCUT2D eigenvalue weighted by Gasteiger charge is -2.23. The summed E-state index contributed by atoms with van der Waals surface area (Å²) in [4.78, 5) is 18.7. The smallest absolute Gasteiger partial charge is 0.227 e. The first-order valence-corrected chi connectivity index (χ1v) is 9.71. The van der Waals surface area contributed by atoms with Crippen molar-refractivity contribution < 1.29 is 4.79 Å². The van der Waals surface area contributed by atoms with Gasteiger partial charge in [0.15, 0.2) is 0 Å². The zero-order chi connectivity index (χ0) is 19.0. The van der Waals surface area contributed by atoms with Crippen LogP contribution in [0.25, 0.3) is 0 Å². The van der Waals surface area contributed by atoms with Crippen molar-refractivity contribution in [1.82, 2.24) is 4.90 Å². The van der Waals surface area contributed by atoms with Crippen molar-refractivity contribution in [3.63, 3.8) is 0 Å². The lowest BCUT2D eigenvalue weighted by atomic mass is 10.1. The summed E-state index contributed by atoms with van der Waals surface area (Å²) in [6, 6.07) is 0. The average molecular weight is 337 g/mol. The van der Waals surface area contributed by atoms with Gasteiger partial charge in [-0.05, 0) is 51.2 Å². The van der Waals surface area contributed by atoms with Crippen molar-refractivity contribution in [1.29, 1.82) is 0 Å². The highest BCUT2D eigenvalue weighted by molar-refractivity contribution is 5.79. The molecule has 0 rings (SSSR count). The Hall–Kier alpha value is -1.38. The van der Waals surface area contributed by atoms with Crippen LogP contribution in [-0.4, -0.2) is 23.6 Å². The molecule has 0 aromatic heterocycles. The van der Waals surface area contributed by atoms with Crippen molar-refractivity contribution in [3.05, 3.63) is 23.0 Å². The summed E-state index contributed by atoms with van der Waals surface area (Å²) in [5.74, 6) is 0.976. The molecule has 0 aromatic rings. The van der Waals surface area contributed by atoms with Gasteiger partial charge in [0.2, 0.25) is 5.91 Å². The second-order valence-corrected chi connectivity index (χ2v) is 5.75. The Labute approximate surface area is 150 Å². The molecule has 0 fully saturated rings. The van der Waals surface area contributed by atoms with E-state index in [4.69, 9.17) is 0 Å². The molecule has 0 bridgehead atoms. The number of rotatable bonds is 10. The zero-order valence-electron chi connectivity index (χ0n) is 17.4. The number of nitrogens with zero attached hydrogens (tertiary/aromatic N) is 2. The third-order valence-electron chi connectivity index (χ3n) is 3.70. The van der Waals surface area contributed by atoms with E-state index in [0.717, 1.165) is 37.2 Å². The maximum Gasteiger partial charge on any atom is 0.227 e. The van der Waals surface area contributed by atoms with Gasteiger partial charge in [-0.25, -0.2) is 4.99 Å². The molecule has 140 valence electrons. The van der Waals surface area contributed by atoms with E-state index in [1.54, 1.807) is 0 Å². The third kappa shape index (κ3) is 10.4. The first kappa shape index (κ1) is 24.9. The molecular formula is C21H40N2O. The Bertz CT molecular complexity index is 420. The Kier molecular flexibility index (Phi) is 17.1. The molecule has 0 spiro atoms. The predicted molar refractivity (Wildman–Crippen MR) is 108 cm³/mol. The minimum atomic E-state index is 0.147. The van der Waals surface area contributed by atoms with E-state index < -0.39 is 0 Å². The molecule has 0 N–H and O–H groups in total. The highest BCUT2D eigenvalue weighted by Gasteiger charge is 2.16. The second-order valence-electron chi connectivity index (χ2n) is 5.75. The van der Waals surface area contributed by atoms with E-state index in [-0.39, 0.29) is 5.91 Å². The van der Waals surface area contributed by atoms with E-state index in [2.05, 4.69) is 45.7 Å². The summed E-state index contributed by atoms with van der Waals surface area (Å²) in [7, 11) is 0.